The van der Waals surface area contributed by atoms with Crippen molar-refractivity contribution >= 4 is 12.1 Å². The number of methoxy groups -OCH3 is 1. The Bertz CT molecular complexity index is 596. The number of carbonyl (C=O) groups is 2. The van der Waals surface area contributed by atoms with Gasteiger partial charge in [-0.25, -0.2) is 0 Å². The van der Waals surface area contributed by atoms with Crippen LogP contribution in [-0.4, -0.2) is 36.0 Å². The first-order chi connectivity index (χ1) is 10.0. The third-order valence-corrected chi connectivity index (χ3v) is 4.65. The van der Waals surface area contributed by atoms with Crippen molar-refractivity contribution in [2.45, 2.75) is 31.5 Å². The van der Waals surface area contributed by atoms with Crippen molar-refractivity contribution in [3.63, 3.8) is 0 Å². The lowest BCUT2D eigenvalue weighted by atomic mass is 9.65. The molecule has 1 fully saturated rings. The third kappa shape index (κ3) is 1.87. The van der Waals surface area contributed by atoms with Gasteiger partial charge in [-0.05, 0) is 24.5 Å². The number of carbonyl (C=O) groups excluding carboxylic acids is 2. The average molecular weight is 290 g/mol. The maximum atomic E-state index is 12.4. The Morgan fingerprint density at radius 1 is 1.43 bits per heavy atom. The molecule has 0 saturated heterocycles. The van der Waals surface area contributed by atoms with E-state index in [-0.39, 0.29) is 18.1 Å². The molecule has 0 unspecified atom stereocenters. The fraction of sp³-hybridized carbons (Fsp3) is 0.500. The Hall–Kier alpha value is -1.88. The molecule has 1 heterocycles. The van der Waals surface area contributed by atoms with E-state index in [1.54, 1.807) is 32.2 Å². The average Bonchev–Trinajstić information content (AvgIpc) is 2.50. The summed E-state index contributed by atoms with van der Waals surface area (Å²) in [6, 6.07) is 5.29. The van der Waals surface area contributed by atoms with Crippen LogP contribution in [0.3, 0.4) is 0 Å². The highest BCUT2D eigenvalue weighted by molar-refractivity contribution is 5.90. The van der Waals surface area contributed by atoms with Crippen LogP contribution in [0.15, 0.2) is 18.2 Å². The molecule has 1 saturated carbocycles. The van der Waals surface area contributed by atoms with Gasteiger partial charge in [0.25, 0.3) is 0 Å². The van der Waals surface area contributed by atoms with Gasteiger partial charge in [0.15, 0.2) is 11.9 Å². The van der Waals surface area contributed by atoms with Crippen LogP contribution >= 0.6 is 0 Å². The summed E-state index contributed by atoms with van der Waals surface area (Å²) in [7, 11) is 1.55. The summed E-state index contributed by atoms with van der Waals surface area (Å²) in [6.07, 6.45) is 0.214. The van der Waals surface area contributed by atoms with Gasteiger partial charge in [-0.3, -0.25) is 9.59 Å². The van der Waals surface area contributed by atoms with E-state index in [9.17, 15) is 14.7 Å². The zero-order chi connectivity index (χ0) is 15.2. The minimum atomic E-state index is -1.48. The second-order valence-electron chi connectivity index (χ2n) is 5.86. The minimum absolute atomic E-state index is 0.0449. The van der Waals surface area contributed by atoms with Crippen molar-refractivity contribution in [3.05, 3.63) is 23.8 Å². The van der Waals surface area contributed by atoms with Crippen LogP contribution in [0.25, 0.3) is 0 Å². The molecule has 0 spiro atoms. The Morgan fingerprint density at radius 3 is 2.86 bits per heavy atom. The van der Waals surface area contributed by atoms with E-state index in [0.29, 0.717) is 24.2 Å². The zero-order valence-electron chi connectivity index (χ0n) is 12.0. The van der Waals surface area contributed by atoms with E-state index < -0.39 is 17.6 Å². The summed E-state index contributed by atoms with van der Waals surface area (Å²) in [4.78, 5) is 24.1. The fourth-order valence-electron chi connectivity index (χ4n) is 3.48. The Balaban J connectivity index is 2.13. The molecular formula is C16H18O5. The summed E-state index contributed by atoms with van der Waals surface area (Å²) in [6.45, 7) is 1.76. The topological polar surface area (TPSA) is 72.8 Å². The number of ether oxygens (including phenoxy) is 2. The van der Waals surface area contributed by atoms with Gasteiger partial charge in [0.2, 0.25) is 0 Å². The molecule has 1 aromatic carbocycles. The predicted octanol–water partition coefficient (Wildman–Crippen LogP) is 1.15. The maximum Gasteiger partial charge on any atom is 0.199 e. The van der Waals surface area contributed by atoms with Crippen molar-refractivity contribution in [1.82, 2.24) is 0 Å². The molecule has 0 aromatic heterocycles. The van der Waals surface area contributed by atoms with Crippen LogP contribution in [0.2, 0.25) is 0 Å². The van der Waals surface area contributed by atoms with Gasteiger partial charge < -0.3 is 14.6 Å². The summed E-state index contributed by atoms with van der Waals surface area (Å²) in [5, 5.41) is 10.5. The number of hydrogen-bond donors (Lipinski definition) is 1. The lowest BCUT2D eigenvalue weighted by Crippen LogP contribution is -2.64. The smallest absolute Gasteiger partial charge is 0.199 e. The van der Waals surface area contributed by atoms with Crippen LogP contribution < -0.4 is 9.47 Å². The molecule has 21 heavy (non-hydrogen) atoms. The Labute approximate surface area is 122 Å². The van der Waals surface area contributed by atoms with Crippen LogP contribution in [0.1, 0.15) is 18.9 Å². The molecular weight excluding hydrogens is 272 g/mol. The van der Waals surface area contributed by atoms with Crippen molar-refractivity contribution < 1.29 is 24.2 Å². The number of rotatable bonds is 2. The van der Waals surface area contributed by atoms with Crippen LogP contribution in [0.5, 0.6) is 11.5 Å². The highest BCUT2D eigenvalue weighted by atomic mass is 16.5. The zero-order valence-corrected chi connectivity index (χ0v) is 12.0. The lowest BCUT2D eigenvalue weighted by molar-refractivity contribution is -0.169. The number of Topliss-reactive ketones (excluding diaryl/α,β-unsaturated/α-hetero) is 1. The van der Waals surface area contributed by atoms with Gasteiger partial charge in [0.05, 0.1) is 13.0 Å². The normalized spacial score (nSPS) is 34.4. The number of aliphatic hydroxyl groups excluding tert-OH is 1. The first kappa shape index (κ1) is 14.1. The molecule has 1 aromatic rings. The minimum Gasteiger partial charge on any atom is -0.496 e. The molecule has 4 atom stereocenters. The Kier molecular flexibility index (Phi) is 3.24. The predicted molar refractivity (Wildman–Crippen MR) is 74.4 cm³/mol. The molecule has 1 N–H and O–H groups in total. The van der Waals surface area contributed by atoms with Crippen LogP contribution in [0.4, 0.5) is 0 Å². The number of benzene rings is 1. The molecule has 0 amide bonds. The first-order valence-corrected chi connectivity index (χ1v) is 7.05. The van der Waals surface area contributed by atoms with E-state index in [2.05, 4.69) is 0 Å². The largest absolute Gasteiger partial charge is 0.496 e. The molecule has 0 radical (unpaired) electrons. The molecule has 1 aliphatic heterocycles. The van der Waals surface area contributed by atoms with Gasteiger partial charge in [-0.2, -0.15) is 0 Å². The lowest BCUT2D eigenvalue weighted by Gasteiger charge is -2.48. The van der Waals surface area contributed by atoms with Crippen molar-refractivity contribution in [3.8, 4) is 11.5 Å². The number of ketones is 1. The highest BCUT2D eigenvalue weighted by Crippen LogP contribution is 2.46. The summed E-state index contributed by atoms with van der Waals surface area (Å²) in [5.74, 6) is 0.124. The van der Waals surface area contributed by atoms with Gasteiger partial charge in [0.1, 0.15) is 23.4 Å². The standard InChI is InChI=1S/C16H18O5/c1-9-6-12(18)11-7-10-13(20-2)4-3-5-14(10)21-16(11,8-17)15(9)19/h3-5,8-9,11,15,19H,6-7H2,1-2H3/t9-,11-,15+,16+/m1/s1. The van der Waals surface area contributed by atoms with Crippen LogP contribution in [0, 0.1) is 11.8 Å². The number of hydrogen-bond acceptors (Lipinski definition) is 5. The van der Waals surface area contributed by atoms with Gasteiger partial charge >= 0.3 is 0 Å². The first-order valence-electron chi connectivity index (χ1n) is 7.05. The molecule has 112 valence electrons. The molecule has 1 aliphatic carbocycles. The van der Waals surface area contributed by atoms with Gasteiger partial charge in [0, 0.05) is 12.0 Å². The number of fused-ring (bicyclic) bond motifs is 2. The molecule has 5 heteroatoms. The van der Waals surface area contributed by atoms with E-state index in [0.717, 1.165) is 5.56 Å². The second-order valence-corrected chi connectivity index (χ2v) is 5.86. The van der Waals surface area contributed by atoms with Crippen molar-refractivity contribution in [2.24, 2.45) is 11.8 Å². The van der Waals surface area contributed by atoms with E-state index in [1.807, 2.05) is 0 Å². The van der Waals surface area contributed by atoms with Crippen LogP contribution in [-0.2, 0) is 16.0 Å². The quantitative estimate of drug-likeness (QED) is 0.827. The highest BCUT2D eigenvalue weighted by Gasteiger charge is 2.58. The van der Waals surface area contributed by atoms with Crippen molar-refractivity contribution in [1.29, 1.82) is 0 Å². The number of aliphatic hydroxyl groups is 1. The third-order valence-electron chi connectivity index (χ3n) is 4.65. The molecule has 5 nitrogen and oxygen atoms in total. The SMILES string of the molecule is COc1cccc2c1C[C@@H]1C(=O)C[C@@H](C)[C@H](O)[C@@]1(C=O)O2. The fourth-order valence-corrected chi connectivity index (χ4v) is 3.48. The summed E-state index contributed by atoms with van der Waals surface area (Å²) >= 11 is 0. The number of aldehydes is 1. The second kappa shape index (κ2) is 4.84. The molecule has 0 bridgehead atoms. The van der Waals surface area contributed by atoms with Gasteiger partial charge in [-0.15, -0.1) is 0 Å². The molecule has 3 rings (SSSR count). The maximum absolute atomic E-state index is 12.4. The van der Waals surface area contributed by atoms with Gasteiger partial charge in [-0.1, -0.05) is 13.0 Å². The Morgan fingerprint density at radius 2 is 2.19 bits per heavy atom. The summed E-state index contributed by atoms with van der Waals surface area (Å²) < 4.78 is 11.1. The monoisotopic (exact) mass is 290 g/mol. The summed E-state index contributed by atoms with van der Waals surface area (Å²) in [5.41, 5.74) is -0.703. The van der Waals surface area contributed by atoms with E-state index in [4.69, 9.17) is 9.47 Å². The molecule has 2 aliphatic rings. The van der Waals surface area contributed by atoms with Crippen molar-refractivity contribution in [2.75, 3.05) is 7.11 Å². The van der Waals surface area contributed by atoms with E-state index in [1.165, 1.54) is 0 Å². The van der Waals surface area contributed by atoms with E-state index >= 15 is 0 Å².